The minimum atomic E-state index is -0.360. The van der Waals surface area contributed by atoms with E-state index in [2.05, 4.69) is 13.8 Å². The van der Waals surface area contributed by atoms with E-state index in [1.165, 1.54) is 0 Å². The van der Waals surface area contributed by atoms with Crippen molar-refractivity contribution in [2.75, 3.05) is 18.6 Å². The van der Waals surface area contributed by atoms with Crippen LogP contribution in [0.25, 0.3) is 0 Å². The molecule has 1 N–H and O–H groups in total. The molecule has 0 aliphatic rings. The molecule has 0 heterocycles. The molecule has 0 radical (unpaired) electrons. The molecule has 1 aromatic carbocycles. The Hall–Kier alpha value is -0.380. The van der Waals surface area contributed by atoms with Gasteiger partial charge in [0.1, 0.15) is 5.75 Å². The number of aliphatic hydroxyl groups excluding tert-OH is 1. The molecular formula is C14H21ClO2S. The molecule has 102 valence electrons. The molecule has 0 bridgehead atoms. The van der Waals surface area contributed by atoms with E-state index < -0.39 is 0 Å². The molecule has 0 spiro atoms. The third-order valence-electron chi connectivity index (χ3n) is 2.46. The van der Waals surface area contributed by atoms with Crippen molar-refractivity contribution < 1.29 is 9.84 Å². The summed E-state index contributed by atoms with van der Waals surface area (Å²) in [6.07, 6.45) is 0.218. The zero-order valence-corrected chi connectivity index (χ0v) is 12.7. The van der Waals surface area contributed by atoms with E-state index in [1.807, 2.05) is 12.1 Å². The Labute approximate surface area is 119 Å². The molecule has 0 aliphatic heterocycles. The van der Waals surface area contributed by atoms with Gasteiger partial charge in [-0.15, -0.1) is 0 Å². The van der Waals surface area contributed by atoms with Gasteiger partial charge >= 0.3 is 0 Å². The van der Waals surface area contributed by atoms with E-state index in [-0.39, 0.29) is 6.10 Å². The van der Waals surface area contributed by atoms with E-state index in [0.29, 0.717) is 17.4 Å². The summed E-state index contributed by atoms with van der Waals surface area (Å²) in [4.78, 5) is 0. The van der Waals surface area contributed by atoms with Crippen LogP contribution in [0.15, 0.2) is 18.2 Å². The molecular weight excluding hydrogens is 268 g/mol. The van der Waals surface area contributed by atoms with Crippen molar-refractivity contribution in [2.45, 2.75) is 26.4 Å². The summed E-state index contributed by atoms with van der Waals surface area (Å²) in [5, 5.41) is 10.7. The normalized spacial score (nSPS) is 12.8. The Morgan fingerprint density at radius 1 is 1.33 bits per heavy atom. The summed E-state index contributed by atoms with van der Waals surface area (Å²) in [5.74, 6) is 3.26. The summed E-state index contributed by atoms with van der Waals surface area (Å²) in [5.41, 5.74) is 0.961. The molecule has 1 rings (SSSR count). The molecule has 2 nitrogen and oxygen atoms in total. The predicted octanol–water partition coefficient (Wildman–Crippen LogP) is 3.64. The van der Waals surface area contributed by atoms with Gasteiger partial charge in [-0.1, -0.05) is 25.4 Å². The van der Waals surface area contributed by atoms with Crippen LogP contribution in [-0.4, -0.2) is 29.8 Å². The van der Waals surface area contributed by atoms with Crippen LogP contribution in [0.2, 0.25) is 5.02 Å². The quantitative estimate of drug-likeness (QED) is 0.831. The fraction of sp³-hybridized carbons (Fsp3) is 0.571. The number of methoxy groups -OCH3 is 1. The van der Waals surface area contributed by atoms with Crippen molar-refractivity contribution in [3.63, 3.8) is 0 Å². The van der Waals surface area contributed by atoms with Gasteiger partial charge in [0.25, 0.3) is 0 Å². The van der Waals surface area contributed by atoms with Crippen LogP contribution < -0.4 is 4.74 Å². The Balaban J connectivity index is 2.52. The lowest BCUT2D eigenvalue weighted by Gasteiger charge is -2.14. The summed E-state index contributed by atoms with van der Waals surface area (Å²) in [7, 11) is 1.63. The maximum atomic E-state index is 10.0. The molecule has 18 heavy (non-hydrogen) atoms. The molecule has 0 saturated heterocycles. The van der Waals surface area contributed by atoms with E-state index in [0.717, 1.165) is 22.8 Å². The lowest BCUT2D eigenvalue weighted by Crippen LogP contribution is -2.15. The van der Waals surface area contributed by atoms with Crippen LogP contribution in [0, 0.1) is 5.92 Å². The van der Waals surface area contributed by atoms with Crippen molar-refractivity contribution in [3.05, 3.63) is 28.8 Å². The van der Waals surface area contributed by atoms with Gasteiger partial charge < -0.3 is 9.84 Å². The summed E-state index contributed by atoms with van der Waals surface area (Å²) < 4.78 is 5.27. The van der Waals surface area contributed by atoms with Crippen LogP contribution in [0.5, 0.6) is 5.75 Å². The average Bonchev–Trinajstić information content (AvgIpc) is 2.28. The van der Waals surface area contributed by atoms with Crippen LogP contribution >= 0.6 is 23.4 Å². The van der Waals surface area contributed by atoms with Gasteiger partial charge in [-0.25, -0.2) is 0 Å². The van der Waals surface area contributed by atoms with Crippen molar-refractivity contribution in [1.82, 2.24) is 0 Å². The van der Waals surface area contributed by atoms with Gasteiger partial charge in [0.2, 0.25) is 0 Å². The van der Waals surface area contributed by atoms with Gasteiger partial charge in [0.15, 0.2) is 0 Å². The molecule has 0 saturated carbocycles. The third kappa shape index (κ3) is 5.51. The van der Waals surface area contributed by atoms with Crippen LogP contribution in [-0.2, 0) is 6.42 Å². The number of hydrogen-bond acceptors (Lipinski definition) is 3. The number of hydrogen-bond donors (Lipinski definition) is 1. The Kier molecular flexibility index (Phi) is 6.90. The molecule has 0 aromatic heterocycles. The van der Waals surface area contributed by atoms with E-state index >= 15 is 0 Å². The lowest BCUT2D eigenvalue weighted by atomic mass is 10.1. The first-order valence-electron chi connectivity index (χ1n) is 6.11. The first-order valence-corrected chi connectivity index (χ1v) is 7.64. The van der Waals surface area contributed by atoms with Crippen molar-refractivity contribution in [2.24, 2.45) is 5.92 Å². The molecule has 0 aliphatic carbocycles. The third-order valence-corrected chi connectivity index (χ3v) is 4.22. The first-order chi connectivity index (χ1) is 8.52. The average molecular weight is 289 g/mol. The van der Waals surface area contributed by atoms with Crippen LogP contribution in [0.3, 0.4) is 0 Å². The fourth-order valence-corrected chi connectivity index (χ4v) is 2.85. The number of ether oxygens (including phenoxy) is 1. The number of halogens is 1. The highest BCUT2D eigenvalue weighted by Crippen LogP contribution is 2.24. The second-order valence-corrected chi connectivity index (χ2v) is 6.26. The lowest BCUT2D eigenvalue weighted by molar-refractivity contribution is 0.198. The van der Waals surface area contributed by atoms with Crippen molar-refractivity contribution >= 4 is 23.4 Å². The van der Waals surface area contributed by atoms with E-state index in [1.54, 1.807) is 24.9 Å². The summed E-state index contributed by atoms with van der Waals surface area (Å²) in [6.45, 7) is 4.36. The smallest absolute Gasteiger partial charge is 0.122 e. The molecule has 0 amide bonds. The number of aliphatic hydroxyl groups is 1. The molecule has 1 aromatic rings. The molecule has 1 atom stereocenters. The van der Waals surface area contributed by atoms with Crippen molar-refractivity contribution in [1.29, 1.82) is 0 Å². The van der Waals surface area contributed by atoms with Crippen LogP contribution in [0.4, 0.5) is 0 Å². The van der Waals surface area contributed by atoms with Gasteiger partial charge in [0, 0.05) is 17.2 Å². The maximum Gasteiger partial charge on any atom is 0.122 e. The van der Waals surface area contributed by atoms with E-state index in [4.69, 9.17) is 16.3 Å². The Bertz CT molecular complexity index is 369. The highest BCUT2D eigenvalue weighted by atomic mass is 35.5. The molecule has 4 heteroatoms. The topological polar surface area (TPSA) is 29.5 Å². The molecule has 1 unspecified atom stereocenters. The fourth-order valence-electron chi connectivity index (χ4n) is 1.66. The largest absolute Gasteiger partial charge is 0.496 e. The van der Waals surface area contributed by atoms with Gasteiger partial charge in [0.05, 0.1) is 13.2 Å². The van der Waals surface area contributed by atoms with Gasteiger partial charge in [-0.3, -0.25) is 0 Å². The van der Waals surface area contributed by atoms with E-state index in [9.17, 15) is 5.11 Å². The number of rotatable bonds is 7. The molecule has 0 fully saturated rings. The number of thioether (sulfide) groups is 1. The minimum Gasteiger partial charge on any atom is -0.496 e. The van der Waals surface area contributed by atoms with Gasteiger partial charge in [-0.05, 0) is 35.4 Å². The minimum absolute atomic E-state index is 0.360. The zero-order chi connectivity index (χ0) is 13.5. The zero-order valence-electron chi connectivity index (χ0n) is 11.1. The predicted molar refractivity (Wildman–Crippen MR) is 79.9 cm³/mol. The van der Waals surface area contributed by atoms with Gasteiger partial charge in [-0.2, -0.15) is 11.8 Å². The maximum absolute atomic E-state index is 10.0. The summed E-state index contributed by atoms with van der Waals surface area (Å²) >= 11 is 7.74. The Morgan fingerprint density at radius 2 is 2.06 bits per heavy atom. The number of benzene rings is 1. The summed E-state index contributed by atoms with van der Waals surface area (Å²) in [6, 6.07) is 5.49. The Morgan fingerprint density at radius 3 is 2.67 bits per heavy atom. The monoisotopic (exact) mass is 288 g/mol. The second kappa shape index (κ2) is 7.93. The second-order valence-electron chi connectivity index (χ2n) is 4.75. The highest BCUT2D eigenvalue weighted by molar-refractivity contribution is 7.99. The standard InChI is InChI=1S/C14H21ClO2S/c1-10(2)8-18-9-13(16)7-11-6-12(15)4-5-14(11)17-3/h4-6,10,13,16H,7-9H2,1-3H3. The first kappa shape index (κ1) is 15.7. The SMILES string of the molecule is COc1ccc(Cl)cc1CC(O)CSCC(C)C. The van der Waals surface area contributed by atoms with Crippen LogP contribution in [0.1, 0.15) is 19.4 Å². The highest BCUT2D eigenvalue weighted by Gasteiger charge is 2.11. The van der Waals surface area contributed by atoms with Crippen molar-refractivity contribution in [3.8, 4) is 5.75 Å².